The van der Waals surface area contributed by atoms with E-state index in [-0.39, 0.29) is 24.5 Å². The fourth-order valence-corrected chi connectivity index (χ4v) is 4.94. The minimum absolute atomic E-state index is 0.126. The predicted molar refractivity (Wildman–Crippen MR) is 146 cm³/mol. The molecule has 36 heavy (non-hydrogen) atoms. The molecule has 7 heteroatoms. The Balaban J connectivity index is 1.60. The summed E-state index contributed by atoms with van der Waals surface area (Å²) in [7, 11) is 0. The normalized spacial score (nSPS) is 14.3. The summed E-state index contributed by atoms with van der Waals surface area (Å²) >= 11 is 9.54. The van der Waals surface area contributed by atoms with Crippen LogP contribution in [-0.2, 0) is 22.6 Å². The fourth-order valence-electron chi connectivity index (χ4n) is 4.49. The maximum atomic E-state index is 13.6. The minimum atomic E-state index is -0.674. The summed E-state index contributed by atoms with van der Waals surface area (Å²) in [4.78, 5) is 28.9. The largest absolute Gasteiger partial charge is 0.484 e. The summed E-state index contributed by atoms with van der Waals surface area (Å²) in [5.41, 5.74) is 1.93. The van der Waals surface area contributed by atoms with Crippen LogP contribution in [0.2, 0.25) is 5.02 Å². The minimum Gasteiger partial charge on any atom is -0.484 e. The Morgan fingerprint density at radius 3 is 2.39 bits per heavy atom. The number of halogens is 2. The van der Waals surface area contributed by atoms with Crippen molar-refractivity contribution in [2.75, 3.05) is 6.61 Å². The monoisotopic (exact) mass is 568 g/mol. The number of carbonyl (C=O) groups excluding carboxylic acids is 2. The third-order valence-electron chi connectivity index (χ3n) is 6.40. The number of hydrogen-bond acceptors (Lipinski definition) is 3. The van der Waals surface area contributed by atoms with Gasteiger partial charge < -0.3 is 15.0 Å². The average molecular weight is 570 g/mol. The lowest BCUT2D eigenvalue weighted by Crippen LogP contribution is -2.53. The van der Waals surface area contributed by atoms with Gasteiger partial charge in [0.15, 0.2) is 6.61 Å². The Kier molecular flexibility index (Phi) is 9.42. The van der Waals surface area contributed by atoms with Gasteiger partial charge in [-0.15, -0.1) is 0 Å². The van der Waals surface area contributed by atoms with Crippen molar-refractivity contribution in [1.29, 1.82) is 0 Å². The van der Waals surface area contributed by atoms with Gasteiger partial charge in [-0.3, -0.25) is 9.59 Å². The molecule has 1 saturated carbocycles. The van der Waals surface area contributed by atoms with Crippen LogP contribution in [0.15, 0.2) is 83.3 Å². The number of ether oxygens (including phenoxy) is 1. The Hall–Kier alpha value is -2.83. The topological polar surface area (TPSA) is 58.6 Å². The molecular weight excluding hydrogens is 540 g/mol. The van der Waals surface area contributed by atoms with Crippen LogP contribution in [0.4, 0.5) is 0 Å². The number of nitrogens with zero attached hydrogens (tertiary/aromatic N) is 1. The van der Waals surface area contributed by atoms with Gasteiger partial charge in [0.2, 0.25) is 5.91 Å². The smallest absolute Gasteiger partial charge is 0.261 e. The molecule has 1 fully saturated rings. The number of rotatable bonds is 10. The SMILES string of the molecule is O=C(NC1CCCC1)C(Cc1ccccc1)N(Cc1ccc(Br)cc1)C(=O)COc1cccc(Cl)c1. The maximum Gasteiger partial charge on any atom is 0.261 e. The van der Waals surface area contributed by atoms with E-state index in [1.165, 1.54) is 0 Å². The highest BCUT2D eigenvalue weighted by Gasteiger charge is 2.32. The summed E-state index contributed by atoms with van der Waals surface area (Å²) < 4.78 is 6.74. The average Bonchev–Trinajstić information content (AvgIpc) is 3.39. The molecule has 1 aliphatic carbocycles. The fraction of sp³-hybridized carbons (Fsp3) is 0.310. The van der Waals surface area contributed by atoms with Crippen molar-refractivity contribution in [2.24, 2.45) is 0 Å². The molecular formula is C29H30BrClN2O3. The summed E-state index contributed by atoms with van der Waals surface area (Å²) in [5.74, 6) is 0.119. The van der Waals surface area contributed by atoms with E-state index in [1.54, 1.807) is 29.2 Å². The molecule has 1 N–H and O–H groups in total. The lowest BCUT2D eigenvalue weighted by molar-refractivity contribution is -0.143. The number of nitrogens with one attached hydrogen (secondary N) is 1. The van der Waals surface area contributed by atoms with Gasteiger partial charge in [-0.2, -0.15) is 0 Å². The molecule has 188 valence electrons. The second kappa shape index (κ2) is 12.9. The van der Waals surface area contributed by atoms with Crippen LogP contribution in [0, 0.1) is 0 Å². The second-order valence-electron chi connectivity index (χ2n) is 9.09. The van der Waals surface area contributed by atoms with Gasteiger partial charge in [0, 0.05) is 28.5 Å². The Morgan fingerprint density at radius 2 is 1.69 bits per heavy atom. The van der Waals surface area contributed by atoms with Crippen LogP contribution in [0.25, 0.3) is 0 Å². The van der Waals surface area contributed by atoms with Crippen LogP contribution < -0.4 is 10.1 Å². The Bertz CT molecular complexity index is 1150. The molecule has 4 rings (SSSR count). The third-order valence-corrected chi connectivity index (χ3v) is 7.16. The molecule has 1 unspecified atom stereocenters. The number of benzene rings is 3. The van der Waals surface area contributed by atoms with E-state index in [2.05, 4.69) is 21.2 Å². The maximum absolute atomic E-state index is 13.6. The van der Waals surface area contributed by atoms with Crippen molar-refractivity contribution >= 4 is 39.3 Å². The zero-order chi connectivity index (χ0) is 25.3. The predicted octanol–water partition coefficient (Wildman–Crippen LogP) is 6.18. The van der Waals surface area contributed by atoms with E-state index in [0.717, 1.165) is 41.3 Å². The van der Waals surface area contributed by atoms with E-state index in [9.17, 15) is 9.59 Å². The van der Waals surface area contributed by atoms with Gasteiger partial charge in [-0.05, 0) is 54.3 Å². The molecule has 0 saturated heterocycles. The molecule has 3 aromatic carbocycles. The molecule has 0 spiro atoms. The van der Waals surface area contributed by atoms with Gasteiger partial charge in [0.25, 0.3) is 5.91 Å². The lowest BCUT2D eigenvalue weighted by atomic mass is 10.0. The zero-order valence-electron chi connectivity index (χ0n) is 20.0. The number of hydrogen-bond donors (Lipinski definition) is 1. The molecule has 5 nitrogen and oxygen atoms in total. The zero-order valence-corrected chi connectivity index (χ0v) is 22.4. The molecule has 0 aromatic heterocycles. The van der Waals surface area contributed by atoms with Crippen molar-refractivity contribution in [3.8, 4) is 5.75 Å². The highest BCUT2D eigenvalue weighted by molar-refractivity contribution is 9.10. The van der Waals surface area contributed by atoms with Gasteiger partial charge in [0.05, 0.1) is 0 Å². The van der Waals surface area contributed by atoms with Gasteiger partial charge in [-0.1, -0.05) is 88.9 Å². The second-order valence-corrected chi connectivity index (χ2v) is 10.4. The standard InChI is InChI=1S/C29H30BrClN2O3/c30-23-15-13-22(14-16-23)19-33(28(34)20-36-26-12-6-9-24(31)18-26)27(17-21-7-2-1-3-8-21)29(35)32-25-10-4-5-11-25/h1-3,6-9,12-16,18,25,27H,4-5,10-11,17,19-20H2,(H,32,35). The molecule has 1 aliphatic rings. The summed E-state index contributed by atoms with van der Waals surface area (Å²) in [5, 5.41) is 3.74. The summed E-state index contributed by atoms with van der Waals surface area (Å²) in [6.07, 6.45) is 4.59. The molecule has 2 amide bonds. The number of amides is 2. The van der Waals surface area contributed by atoms with Crippen LogP contribution in [0.5, 0.6) is 5.75 Å². The highest BCUT2D eigenvalue weighted by Crippen LogP contribution is 2.22. The van der Waals surface area contributed by atoms with Gasteiger partial charge >= 0.3 is 0 Å². The van der Waals surface area contributed by atoms with E-state index in [1.807, 2.05) is 54.6 Å². The third kappa shape index (κ3) is 7.58. The quantitative estimate of drug-likeness (QED) is 0.317. The van der Waals surface area contributed by atoms with Crippen LogP contribution >= 0.6 is 27.5 Å². The first-order valence-electron chi connectivity index (χ1n) is 12.2. The van der Waals surface area contributed by atoms with E-state index in [4.69, 9.17) is 16.3 Å². The van der Waals surface area contributed by atoms with Crippen molar-refractivity contribution in [2.45, 2.75) is 50.7 Å². The van der Waals surface area contributed by atoms with E-state index < -0.39 is 6.04 Å². The first-order valence-corrected chi connectivity index (χ1v) is 13.4. The molecule has 1 atom stereocenters. The van der Waals surface area contributed by atoms with Crippen LogP contribution in [0.1, 0.15) is 36.8 Å². The first kappa shape index (κ1) is 26.2. The molecule has 0 bridgehead atoms. The van der Waals surface area contributed by atoms with Crippen LogP contribution in [-0.4, -0.2) is 35.4 Å². The molecule has 0 aliphatic heterocycles. The van der Waals surface area contributed by atoms with Crippen molar-refractivity contribution in [3.63, 3.8) is 0 Å². The van der Waals surface area contributed by atoms with E-state index in [0.29, 0.717) is 23.7 Å². The van der Waals surface area contributed by atoms with Gasteiger partial charge in [0.1, 0.15) is 11.8 Å². The summed E-state index contributed by atoms with van der Waals surface area (Å²) in [6, 6.07) is 24.0. The first-order chi connectivity index (χ1) is 17.5. The Morgan fingerprint density at radius 1 is 0.972 bits per heavy atom. The van der Waals surface area contributed by atoms with Gasteiger partial charge in [-0.25, -0.2) is 0 Å². The van der Waals surface area contributed by atoms with Crippen molar-refractivity contribution < 1.29 is 14.3 Å². The Labute approximate surface area is 225 Å². The van der Waals surface area contributed by atoms with Crippen LogP contribution in [0.3, 0.4) is 0 Å². The molecule has 0 radical (unpaired) electrons. The van der Waals surface area contributed by atoms with E-state index >= 15 is 0 Å². The highest BCUT2D eigenvalue weighted by atomic mass is 79.9. The lowest BCUT2D eigenvalue weighted by Gasteiger charge is -2.32. The van der Waals surface area contributed by atoms with Crippen molar-refractivity contribution in [1.82, 2.24) is 10.2 Å². The molecule has 3 aromatic rings. The number of carbonyl (C=O) groups is 2. The van der Waals surface area contributed by atoms with Crippen molar-refractivity contribution in [3.05, 3.63) is 99.5 Å². The summed E-state index contributed by atoms with van der Waals surface area (Å²) in [6.45, 7) is 0.0967. The molecule has 0 heterocycles.